The Balaban J connectivity index is 1.63. The molecule has 0 fully saturated rings. The molecule has 1 heterocycles. The number of benzene rings is 3. The van der Waals surface area contributed by atoms with Crippen LogP contribution in [0.1, 0.15) is 18.9 Å². The molecule has 0 spiro atoms. The summed E-state index contributed by atoms with van der Waals surface area (Å²) in [5.74, 6) is 0. The van der Waals surface area contributed by atoms with E-state index in [1.165, 1.54) is 0 Å². The third-order valence-corrected chi connectivity index (χ3v) is 5.27. The van der Waals surface area contributed by atoms with Crippen molar-refractivity contribution in [2.45, 2.75) is 25.8 Å². The molecule has 1 aliphatic rings. The Morgan fingerprint density at radius 3 is 2.65 bits per heavy atom. The topological polar surface area (TPSA) is 94.6 Å². The molecule has 1 unspecified atom stereocenters. The first-order valence-corrected chi connectivity index (χ1v) is 9.97. The average molecular weight is 411 g/mol. The lowest BCUT2D eigenvalue weighted by Gasteiger charge is -2.23. The van der Waals surface area contributed by atoms with Gasteiger partial charge in [0.05, 0.1) is 22.8 Å². The zero-order valence-electron chi connectivity index (χ0n) is 17.0. The Kier molecular flexibility index (Phi) is 5.63. The van der Waals surface area contributed by atoms with Crippen molar-refractivity contribution in [3.63, 3.8) is 0 Å². The molecule has 154 valence electrons. The molecule has 7 nitrogen and oxygen atoms in total. The molecule has 0 saturated heterocycles. The maximum Gasteiger partial charge on any atom is 0.252 e. The molecule has 31 heavy (non-hydrogen) atoms. The van der Waals surface area contributed by atoms with Gasteiger partial charge in [-0.3, -0.25) is 10.4 Å². The number of nitriles is 1. The van der Waals surface area contributed by atoms with E-state index in [9.17, 15) is 10.0 Å². The number of aldehydes is 1. The number of hydrogen-bond donors (Lipinski definition) is 1. The van der Waals surface area contributed by atoms with Crippen LogP contribution in [0.4, 0.5) is 11.4 Å². The second kappa shape index (κ2) is 8.67. The summed E-state index contributed by atoms with van der Waals surface area (Å²) in [4.78, 5) is 12.5. The van der Waals surface area contributed by atoms with Crippen LogP contribution in [0.15, 0.2) is 83.2 Å². The maximum atomic E-state index is 12.9. The highest BCUT2D eigenvalue weighted by molar-refractivity contribution is 5.90. The van der Waals surface area contributed by atoms with Crippen LogP contribution in [0.25, 0.3) is 10.8 Å². The molecule has 7 heteroatoms. The molecule has 1 aliphatic heterocycles. The number of rotatable bonds is 6. The predicted molar refractivity (Wildman–Crippen MR) is 118 cm³/mol. The Bertz CT molecular complexity index is 1220. The standard InChI is InChI=1S/C24H21N5O2/c1-17-24(27-29(31)22-10-4-8-19-7-2-3-9-21(19)22)23(16-30)28(26-17)20-13-11-18(12-14-20)6-5-15-25/h2-4,7-14,16,23,26H,5-6H2,1H3. The van der Waals surface area contributed by atoms with Crippen molar-refractivity contribution in [2.75, 3.05) is 5.01 Å². The molecular weight excluding hydrogens is 390 g/mol. The van der Waals surface area contributed by atoms with Crippen molar-refractivity contribution in [3.05, 3.63) is 88.9 Å². The van der Waals surface area contributed by atoms with Gasteiger partial charge in [0.15, 0.2) is 18.0 Å². The highest BCUT2D eigenvalue weighted by Gasteiger charge is 2.34. The van der Waals surface area contributed by atoms with E-state index in [1.54, 1.807) is 18.0 Å². The summed E-state index contributed by atoms with van der Waals surface area (Å²) in [6.07, 6.45) is 1.90. The van der Waals surface area contributed by atoms with E-state index in [0.29, 0.717) is 34.8 Å². The number of carbonyl (C=O) groups excluding carboxylic acids is 1. The summed E-state index contributed by atoms with van der Waals surface area (Å²) in [6.45, 7) is 1.79. The summed E-state index contributed by atoms with van der Waals surface area (Å²) < 4.78 is 0. The van der Waals surface area contributed by atoms with Crippen LogP contribution in [0.2, 0.25) is 0 Å². The van der Waals surface area contributed by atoms with Crippen molar-refractivity contribution in [2.24, 2.45) is 5.11 Å². The van der Waals surface area contributed by atoms with Gasteiger partial charge in [0, 0.05) is 17.6 Å². The van der Waals surface area contributed by atoms with E-state index in [1.807, 2.05) is 60.7 Å². The van der Waals surface area contributed by atoms with Crippen LogP contribution < -0.4 is 10.4 Å². The van der Waals surface area contributed by atoms with E-state index >= 15 is 0 Å². The molecule has 0 radical (unpaired) electrons. The van der Waals surface area contributed by atoms with Crippen molar-refractivity contribution in [3.8, 4) is 6.07 Å². The lowest BCUT2D eigenvalue weighted by Crippen LogP contribution is -2.40. The average Bonchev–Trinajstić information content (AvgIpc) is 3.12. The Hall–Kier alpha value is -4.18. The van der Waals surface area contributed by atoms with Crippen LogP contribution in [-0.2, 0) is 11.2 Å². The molecule has 0 amide bonds. The van der Waals surface area contributed by atoms with Gasteiger partial charge < -0.3 is 10.0 Å². The van der Waals surface area contributed by atoms with Gasteiger partial charge >= 0.3 is 0 Å². The fraction of sp³-hybridized carbons (Fsp3) is 0.167. The molecule has 3 aromatic rings. The van der Waals surface area contributed by atoms with Gasteiger partial charge in [-0.1, -0.05) is 42.5 Å². The quantitative estimate of drug-likeness (QED) is 0.274. The number of nitrogens with one attached hydrogen (secondary N) is 1. The van der Waals surface area contributed by atoms with Gasteiger partial charge in [-0.2, -0.15) is 5.26 Å². The zero-order valence-corrected chi connectivity index (χ0v) is 17.0. The third kappa shape index (κ3) is 3.96. The largest absolute Gasteiger partial charge is 0.594 e. The predicted octanol–water partition coefficient (Wildman–Crippen LogP) is 4.71. The van der Waals surface area contributed by atoms with Crippen molar-refractivity contribution in [1.29, 1.82) is 5.26 Å². The van der Waals surface area contributed by atoms with Crippen molar-refractivity contribution < 1.29 is 9.66 Å². The van der Waals surface area contributed by atoms with Crippen LogP contribution in [0.5, 0.6) is 0 Å². The first kappa shape index (κ1) is 20.1. The first-order chi connectivity index (χ1) is 15.1. The van der Waals surface area contributed by atoms with Gasteiger partial charge in [-0.25, -0.2) is 0 Å². The smallest absolute Gasteiger partial charge is 0.252 e. The molecule has 0 bridgehead atoms. The number of hydrogen-bond acceptors (Lipinski definition) is 6. The van der Waals surface area contributed by atoms with Crippen LogP contribution in [-0.4, -0.2) is 17.2 Å². The lowest BCUT2D eigenvalue weighted by atomic mass is 10.1. The van der Waals surface area contributed by atoms with Gasteiger partial charge in [0.25, 0.3) is 5.69 Å². The summed E-state index contributed by atoms with van der Waals surface area (Å²) in [6, 6.07) is 22.1. The molecule has 1 N–H and O–H groups in total. The maximum absolute atomic E-state index is 12.9. The molecule has 0 saturated carbocycles. The van der Waals surface area contributed by atoms with Crippen molar-refractivity contribution >= 4 is 28.4 Å². The molecule has 4 rings (SSSR count). The summed E-state index contributed by atoms with van der Waals surface area (Å²) in [7, 11) is 0. The van der Waals surface area contributed by atoms with Gasteiger partial charge in [0.2, 0.25) is 0 Å². The Morgan fingerprint density at radius 2 is 1.90 bits per heavy atom. The van der Waals surface area contributed by atoms with E-state index in [2.05, 4.69) is 16.6 Å². The minimum absolute atomic E-state index is 0.367. The normalized spacial score (nSPS) is 16.3. The molecule has 1 atom stereocenters. The fourth-order valence-electron chi connectivity index (χ4n) is 3.69. The minimum Gasteiger partial charge on any atom is -0.594 e. The minimum atomic E-state index is -0.739. The highest BCUT2D eigenvalue weighted by atomic mass is 16.5. The van der Waals surface area contributed by atoms with Crippen molar-refractivity contribution in [1.82, 2.24) is 5.43 Å². The fourth-order valence-corrected chi connectivity index (χ4v) is 3.69. The van der Waals surface area contributed by atoms with E-state index in [4.69, 9.17) is 5.26 Å². The lowest BCUT2D eigenvalue weighted by molar-refractivity contribution is -0.436. The van der Waals surface area contributed by atoms with Gasteiger partial charge in [0.1, 0.15) is 0 Å². The summed E-state index contributed by atoms with van der Waals surface area (Å²) in [5.41, 5.74) is 6.38. The molecule has 3 aromatic carbocycles. The van der Waals surface area contributed by atoms with E-state index in [-0.39, 0.29) is 0 Å². The van der Waals surface area contributed by atoms with Crippen LogP contribution in [0.3, 0.4) is 0 Å². The number of aryl methyl sites for hydroxylation is 1. The molecule has 0 aliphatic carbocycles. The van der Waals surface area contributed by atoms with Crippen LogP contribution in [0, 0.1) is 16.5 Å². The number of allylic oxidation sites excluding steroid dienone is 1. The van der Waals surface area contributed by atoms with Gasteiger partial charge in [-0.05, 0) is 47.4 Å². The monoisotopic (exact) mass is 411 g/mol. The third-order valence-electron chi connectivity index (χ3n) is 5.27. The highest BCUT2D eigenvalue weighted by Crippen LogP contribution is 2.30. The number of azo groups is 1. The second-order valence-corrected chi connectivity index (χ2v) is 7.27. The van der Waals surface area contributed by atoms with Gasteiger partial charge in [-0.15, -0.1) is 0 Å². The summed E-state index contributed by atoms with van der Waals surface area (Å²) in [5, 5.41) is 29.3. The number of anilines is 1. The number of hydrazine groups is 1. The Labute approximate surface area is 180 Å². The summed E-state index contributed by atoms with van der Waals surface area (Å²) >= 11 is 0. The number of fused-ring (bicyclic) bond motifs is 1. The number of carbonyl (C=O) groups is 1. The second-order valence-electron chi connectivity index (χ2n) is 7.27. The Morgan fingerprint density at radius 1 is 1.16 bits per heavy atom. The molecule has 0 aromatic heterocycles. The molecular formula is C24H21N5O2. The number of nitrogens with zero attached hydrogens (tertiary/aromatic N) is 4. The van der Waals surface area contributed by atoms with E-state index in [0.717, 1.165) is 28.3 Å². The SMILES string of the molecule is CC1=C(N=[N+]([O-])c2cccc3ccccc23)C(C=O)N(c2ccc(CCC#N)cc2)N1. The van der Waals surface area contributed by atoms with E-state index < -0.39 is 6.04 Å². The zero-order chi connectivity index (χ0) is 21.8. The van der Waals surface area contributed by atoms with Crippen LogP contribution >= 0.6 is 0 Å². The first-order valence-electron chi connectivity index (χ1n) is 9.97.